The topological polar surface area (TPSA) is 58.2 Å². The van der Waals surface area contributed by atoms with Gasteiger partial charge in [-0.2, -0.15) is 10.1 Å². The van der Waals surface area contributed by atoms with Crippen molar-refractivity contribution in [3.63, 3.8) is 0 Å². The molecule has 2 aromatic rings. The Labute approximate surface area is 164 Å². The minimum absolute atomic E-state index is 0.0286. The Balaban J connectivity index is 1.75. The van der Waals surface area contributed by atoms with Crippen LogP contribution in [0, 0.1) is 5.41 Å². The van der Waals surface area contributed by atoms with Gasteiger partial charge in [0.05, 0.1) is 6.26 Å². The van der Waals surface area contributed by atoms with Crippen LogP contribution in [0.2, 0.25) is 0 Å². The second kappa shape index (κ2) is 7.08. The molecule has 0 unspecified atom stereocenters. The van der Waals surface area contributed by atoms with Gasteiger partial charge in [0.15, 0.2) is 5.84 Å². The third kappa shape index (κ3) is 3.74. The van der Waals surface area contributed by atoms with E-state index in [9.17, 15) is 4.79 Å². The quantitative estimate of drug-likeness (QED) is 0.559. The van der Waals surface area contributed by atoms with Crippen LogP contribution in [0.1, 0.15) is 44.9 Å². The minimum Gasteiger partial charge on any atom is -0.465 e. The molecule has 1 aliphatic heterocycles. The van der Waals surface area contributed by atoms with E-state index in [0.717, 1.165) is 24.1 Å². The number of amidine groups is 1. The third-order valence-corrected chi connectivity index (χ3v) is 4.71. The molecule has 142 valence electrons. The Hall–Kier alpha value is -3.21. The molecule has 0 radical (unpaired) electrons. The Morgan fingerprint density at radius 3 is 2.64 bits per heavy atom. The van der Waals surface area contributed by atoms with Crippen LogP contribution in [0.15, 0.2) is 80.6 Å². The maximum absolute atomic E-state index is 13.1. The fraction of sp³-hybridized carbons (Fsp3) is 0.261. The van der Waals surface area contributed by atoms with Gasteiger partial charge in [-0.3, -0.25) is 4.79 Å². The number of allylic oxidation sites excluding steroid dienone is 2. The van der Waals surface area contributed by atoms with E-state index in [4.69, 9.17) is 9.52 Å². The van der Waals surface area contributed by atoms with E-state index in [1.54, 1.807) is 24.5 Å². The highest BCUT2D eigenvalue weighted by Gasteiger charge is 2.33. The molecule has 5 nitrogen and oxygen atoms in total. The Morgan fingerprint density at radius 2 is 1.96 bits per heavy atom. The number of nitrogens with zero attached hydrogens (tertiary/aromatic N) is 3. The molecule has 0 N–H and O–H groups in total. The van der Waals surface area contributed by atoms with Crippen LogP contribution in [-0.2, 0) is 4.79 Å². The summed E-state index contributed by atoms with van der Waals surface area (Å²) >= 11 is 0. The van der Waals surface area contributed by atoms with Crippen molar-refractivity contribution < 1.29 is 9.21 Å². The smallest absolute Gasteiger partial charge is 0.298 e. The molecule has 0 saturated carbocycles. The zero-order chi connectivity index (χ0) is 19.7. The summed E-state index contributed by atoms with van der Waals surface area (Å²) in [6, 6.07) is 13.2. The first-order valence-electron chi connectivity index (χ1n) is 9.40. The maximum Gasteiger partial charge on any atom is 0.298 e. The van der Waals surface area contributed by atoms with Gasteiger partial charge in [0, 0.05) is 23.8 Å². The summed E-state index contributed by atoms with van der Waals surface area (Å²) in [5, 5.41) is 6.20. The van der Waals surface area contributed by atoms with E-state index < -0.39 is 0 Å². The third-order valence-electron chi connectivity index (χ3n) is 4.71. The predicted octanol–water partition coefficient (Wildman–Crippen LogP) is 5.03. The summed E-state index contributed by atoms with van der Waals surface area (Å²) in [4.78, 5) is 17.7. The molecule has 2 aliphatic rings. The standard InChI is InChI=1S/C23H23N3O2/c1-16-12-18(15-23(2,3)14-16)25-26-21(17-8-5-4-6-9-17)24-20(22(26)27)13-19-10-7-11-28-19/h4-11,13-14H,12,15H2,1-3H3/b20-13+,25-18-. The van der Waals surface area contributed by atoms with Gasteiger partial charge in [-0.15, -0.1) is 0 Å². The zero-order valence-electron chi connectivity index (χ0n) is 16.3. The number of carbonyl (C=O) groups is 1. The molecule has 2 heterocycles. The summed E-state index contributed by atoms with van der Waals surface area (Å²) in [5.41, 5.74) is 3.46. The molecular formula is C23H23N3O2. The largest absolute Gasteiger partial charge is 0.465 e. The highest BCUT2D eigenvalue weighted by molar-refractivity contribution is 6.20. The molecule has 0 saturated heterocycles. The molecule has 5 heteroatoms. The Bertz CT molecular complexity index is 1010. The first-order valence-corrected chi connectivity index (χ1v) is 9.40. The SMILES string of the molecule is CC1=CC(C)(C)C/C(=N\N2C(=O)/C(=C\c3ccco3)N=C2c2ccccc2)C1. The molecule has 0 spiro atoms. The molecule has 0 atom stereocenters. The van der Waals surface area contributed by atoms with E-state index >= 15 is 0 Å². The van der Waals surface area contributed by atoms with Crippen LogP contribution < -0.4 is 0 Å². The van der Waals surface area contributed by atoms with E-state index in [-0.39, 0.29) is 11.3 Å². The number of carbonyl (C=O) groups excluding carboxylic acids is 1. The molecule has 4 rings (SSSR count). The Kier molecular flexibility index (Phi) is 4.59. The lowest BCUT2D eigenvalue weighted by atomic mass is 9.79. The number of hydrogen-bond acceptors (Lipinski definition) is 4. The van der Waals surface area contributed by atoms with Crippen LogP contribution in [0.3, 0.4) is 0 Å². The lowest BCUT2D eigenvalue weighted by Crippen LogP contribution is -2.31. The number of hydrazone groups is 1. The molecule has 0 bridgehead atoms. The van der Waals surface area contributed by atoms with E-state index in [1.807, 2.05) is 30.3 Å². The maximum atomic E-state index is 13.1. The van der Waals surface area contributed by atoms with Crippen LogP contribution in [0.5, 0.6) is 0 Å². The fourth-order valence-corrected chi connectivity index (χ4v) is 3.77. The number of rotatable bonds is 3. The van der Waals surface area contributed by atoms with Gasteiger partial charge in [0.25, 0.3) is 5.91 Å². The van der Waals surface area contributed by atoms with Crippen LogP contribution in [0.4, 0.5) is 0 Å². The number of amides is 1. The molecule has 0 fully saturated rings. The van der Waals surface area contributed by atoms with Crippen LogP contribution in [0.25, 0.3) is 6.08 Å². The van der Waals surface area contributed by atoms with Crippen molar-refractivity contribution in [3.8, 4) is 0 Å². The molecular weight excluding hydrogens is 350 g/mol. The van der Waals surface area contributed by atoms with Gasteiger partial charge in [-0.05, 0) is 30.9 Å². The minimum atomic E-state index is -0.243. The molecule has 1 aromatic heterocycles. The van der Waals surface area contributed by atoms with Crippen molar-refractivity contribution in [3.05, 3.63) is 77.4 Å². The normalized spacial score (nSPS) is 22.0. The van der Waals surface area contributed by atoms with Gasteiger partial charge >= 0.3 is 0 Å². The van der Waals surface area contributed by atoms with Crippen molar-refractivity contribution in [1.29, 1.82) is 0 Å². The van der Waals surface area contributed by atoms with Crippen molar-refractivity contribution in [2.75, 3.05) is 0 Å². The van der Waals surface area contributed by atoms with Gasteiger partial charge < -0.3 is 4.42 Å². The summed E-state index contributed by atoms with van der Waals surface area (Å²) < 4.78 is 5.35. The second-order valence-electron chi connectivity index (χ2n) is 7.96. The summed E-state index contributed by atoms with van der Waals surface area (Å²) in [6.45, 7) is 6.48. The van der Waals surface area contributed by atoms with Crippen molar-refractivity contribution in [2.45, 2.75) is 33.6 Å². The fourth-order valence-electron chi connectivity index (χ4n) is 3.77. The van der Waals surface area contributed by atoms with Crippen molar-refractivity contribution in [2.24, 2.45) is 15.5 Å². The molecule has 1 amide bonds. The number of hydrogen-bond donors (Lipinski definition) is 0. The lowest BCUT2D eigenvalue weighted by molar-refractivity contribution is -0.122. The number of aliphatic imine (C=N–C) groups is 1. The average Bonchev–Trinajstić information content (AvgIpc) is 3.25. The highest BCUT2D eigenvalue weighted by Crippen LogP contribution is 2.32. The highest BCUT2D eigenvalue weighted by atomic mass is 16.3. The summed E-state index contributed by atoms with van der Waals surface area (Å²) in [5.74, 6) is 0.889. The van der Waals surface area contributed by atoms with Crippen molar-refractivity contribution >= 4 is 23.5 Å². The van der Waals surface area contributed by atoms with Crippen LogP contribution in [-0.4, -0.2) is 22.5 Å². The van der Waals surface area contributed by atoms with E-state index in [0.29, 0.717) is 17.3 Å². The van der Waals surface area contributed by atoms with Crippen molar-refractivity contribution in [1.82, 2.24) is 5.01 Å². The van der Waals surface area contributed by atoms with Crippen LogP contribution >= 0.6 is 0 Å². The van der Waals surface area contributed by atoms with Gasteiger partial charge in [-0.25, -0.2) is 4.99 Å². The molecule has 1 aliphatic carbocycles. The number of furan rings is 1. The van der Waals surface area contributed by atoms with Gasteiger partial charge in [0.2, 0.25) is 0 Å². The summed E-state index contributed by atoms with van der Waals surface area (Å²) in [7, 11) is 0. The predicted molar refractivity (Wildman–Crippen MR) is 111 cm³/mol. The van der Waals surface area contributed by atoms with E-state index in [2.05, 4.69) is 31.8 Å². The monoisotopic (exact) mass is 373 g/mol. The first kappa shape index (κ1) is 18.2. The second-order valence-corrected chi connectivity index (χ2v) is 7.96. The molecule has 28 heavy (non-hydrogen) atoms. The first-order chi connectivity index (χ1) is 13.4. The summed E-state index contributed by atoms with van der Waals surface area (Å²) in [6.07, 6.45) is 7.10. The Morgan fingerprint density at radius 1 is 1.18 bits per heavy atom. The zero-order valence-corrected chi connectivity index (χ0v) is 16.3. The molecule has 1 aromatic carbocycles. The van der Waals surface area contributed by atoms with E-state index in [1.165, 1.54) is 10.6 Å². The number of benzene rings is 1. The van der Waals surface area contributed by atoms with Gasteiger partial charge in [0.1, 0.15) is 11.5 Å². The van der Waals surface area contributed by atoms with Gasteiger partial charge in [-0.1, -0.05) is 55.8 Å². The lowest BCUT2D eigenvalue weighted by Gasteiger charge is -2.28. The average molecular weight is 373 g/mol.